The summed E-state index contributed by atoms with van der Waals surface area (Å²) in [6, 6.07) is 0. The van der Waals surface area contributed by atoms with Gasteiger partial charge in [0.1, 0.15) is 25.3 Å². The fourth-order valence-corrected chi connectivity index (χ4v) is 1.33. The first-order valence-corrected chi connectivity index (χ1v) is 4.31. The Morgan fingerprint density at radius 1 is 0.929 bits per heavy atom. The van der Waals surface area contributed by atoms with E-state index in [1.165, 1.54) is 0 Å². The van der Waals surface area contributed by atoms with Crippen LogP contribution in [-0.4, -0.2) is 83.0 Å². The summed E-state index contributed by atoms with van der Waals surface area (Å²) in [5, 5.41) is 35.6. The number of rotatable bonds is 6. The molecule has 0 amide bonds. The minimum absolute atomic E-state index is 0. The van der Waals surface area contributed by atoms with Crippen molar-refractivity contribution in [3.63, 3.8) is 0 Å². The van der Waals surface area contributed by atoms with Gasteiger partial charge >= 0.3 is 0 Å². The van der Waals surface area contributed by atoms with Crippen LogP contribution in [0.5, 0.6) is 0 Å². The number of quaternary nitrogens is 1. The number of aliphatic hydroxyl groups is 4. The molecule has 0 bridgehead atoms. The predicted octanol–water partition coefficient (Wildman–Crippen LogP) is -2.41. The lowest BCUT2D eigenvalue weighted by molar-refractivity contribution is -0.896. The van der Waals surface area contributed by atoms with Crippen molar-refractivity contribution in [2.45, 2.75) is 12.2 Å². The highest BCUT2D eigenvalue weighted by molar-refractivity contribution is 4.54. The fraction of sp³-hybridized carbons (Fsp3) is 1.00. The molecule has 6 heteroatoms. The van der Waals surface area contributed by atoms with Crippen LogP contribution in [0.3, 0.4) is 0 Å². The summed E-state index contributed by atoms with van der Waals surface area (Å²) in [7, 11) is 3.63. The van der Waals surface area contributed by atoms with Crippen LogP contribution in [0.2, 0.25) is 0 Å². The highest BCUT2D eigenvalue weighted by atomic mass is 16.3. The quantitative estimate of drug-likeness (QED) is 0.366. The summed E-state index contributed by atoms with van der Waals surface area (Å²) < 4.78 is 0.365. The Balaban J connectivity index is 0. The number of likely N-dealkylation sites (N-methyl/N-ethyl adjacent to an activating group) is 1. The third-order valence-corrected chi connectivity index (χ3v) is 1.83. The molecule has 0 fully saturated rings. The van der Waals surface area contributed by atoms with Crippen LogP contribution in [0.4, 0.5) is 0 Å². The molecule has 5 N–H and O–H groups in total. The van der Waals surface area contributed by atoms with E-state index in [0.717, 1.165) is 0 Å². The molecule has 0 aliphatic heterocycles. The van der Waals surface area contributed by atoms with E-state index >= 15 is 0 Å². The molecule has 0 aliphatic rings. The molecule has 6 nitrogen and oxygen atoms in total. The summed E-state index contributed by atoms with van der Waals surface area (Å²) in [5.74, 6) is 0. The zero-order chi connectivity index (χ0) is 10.5. The normalized spacial score (nSPS) is 15.9. The average Bonchev–Trinajstić information content (AvgIpc) is 2.02. The SMILES string of the molecule is C[N+](C)(CC(O)CO)CC(O)CO.[OH-]. The van der Waals surface area contributed by atoms with Gasteiger partial charge in [-0.25, -0.2) is 0 Å². The molecule has 0 aliphatic carbocycles. The first kappa shape index (κ1) is 16.2. The molecular weight excluding hydrogens is 190 g/mol. The van der Waals surface area contributed by atoms with E-state index in [1.807, 2.05) is 14.1 Å². The van der Waals surface area contributed by atoms with E-state index < -0.39 is 12.2 Å². The van der Waals surface area contributed by atoms with Gasteiger partial charge in [0.25, 0.3) is 0 Å². The molecule has 0 radical (unpaired) electrons. The molecule has 0 heterocycles. The Morgan fingerprint density at radius 2 is 1.21 bits per heavy atom. The molecular formula is C8H21NO5. The second kappa shape index (κ2) is 7.10. The van der Waals surface area contributed by atoms with Crippen molar-refractivity contribution in [1.82, 2.24) is 0 Å². The average molecular weight is 211 g/mol. The Labute approximate surface area is 83.9 Å². The topological polar surface area (TPSA) is 111 Å². The van der Waals surface area contributed by atoms with Gasteiger partial charge in [0.15, 0.2) is 0 Å². The molecule has 0 rings (SSSR count). The molecule has 0 saturated heterocycles. The first-order chi connectivity index (χ1) is 5.91. The number of hydrogen-bond donors (Lipinski definition) is 4. The summed E-state index contributed by atoms with van der Waals surface area (Å²) in [6.45, 7) is 0.148. The van der Waals surface area contributed by atoms with E-state index in [2.05, 4.69) is 0 Å². The van der Waals surface area contributed by atoms with Crippen LogP contribution >= 0.6 is 0 Å². The molecule has 0 aromatic rings. The summed E-state index contributed by atoms with van der Waals surface area (Å²) in [4.78, 5) is 0. The van der Waals surface area contributed by atoms with Crippen molar-refractivity contribution in [1.29, 1.82) is 0 Å². The van der Waals surface area contributed by atoms with E-state index in [4.69, 9.17) is 20.4 Å². The van der Waals surface area contributed by atoms with E-state index in [1.54, 1.807) is 0 Å². The fourth-order valence-electron chi connectivity index (χ4n) is 1.33. The maximum Gasteiger partial charge on any atom is 0.126 e. The van der Waals surface area contributed by atoms with Crippen molar-refractivity contribution in [2.24, 2.45) is 0 Å². The molecule has 14 heavy (non-hydrogen) atoms. The van der Waals surface area contributed by atoms with Gasteiger partial charge in [0.2, 0.25) is 0 Å². The minimum Gasteiger partial charge on any atom is -0.870 e. The number of hydrogen-bond acceptors (Lipinski definition) is 5. The van der Waals surface area contributed by atoms with E-state index in [9.17, 15) is 0 Å². The highest BCUT2D eigenvalue weighted by Crippen LogP contribution is 2.01. The standard InChI is InChI=1S/C8H20NO4.H2O/c1-9(2,3-7(12)5-10)4-8(13)6-11;/h7-8,10-13H,3-6H2,1-2H3;1H2/q+1;/p-1. The van der Waals surface area contributed by atoms with Crippen molar-refractivity contribution in [2.75, 3.05) is 40.4 Å². The van der Waals surface area contributed by atoms with Gasteiger partial charge in [-0.05, 0) is 0 Å². The first-order valence-electron chi connectivity index (χ1n) is 4.31. The lowest BCUT2D eigenvalue weighted by atomic mass is 10.2. The van der Waals surface area contributed by atoms with Gasteiger partial charge in [0.05, 0.1) is 27.3 Å². The van der Waals surface area contributed by atoms with Crippen molar-refractivity contribution >= 4 is 0 Å². The maximum atomic E-state index is 9.17. The molecule has 2 atom stereocenters. The Bertz CT molecular complexity index is 128. The monoisotopic (exact) mass is 211 g/mol. The van der Waals surface area contributed by atoms with Gasteiger partial charge in [-0.3, -0.25) is 0 Å². The van der Waals surface area contributed by atoms with Gasteiger partial charge in [-0.2, -0.15) is 0 Å². The van der Waals surface area contributed by atoms with Crippen LogP contribution in [-0.2, 0) is 0 Å². The van der Waals surface area contributed by atoms with Crippen molar-refractivity contribution < 1.29 is 30.4 Å². The predicted molar refractivity (Wildman–Crippen MR) is 50.0 cm³/mol. The Morgan fingerprint density at radius 3 is 1.43 bits per heavy atom. The second-order valence-electron chi connectivity index (χ2n) is 3.97. The smallest absolute Gasteiger partial charge is 0.126 e. The molecule has 0 spiro atoms. The van der Waals surface area contributed by atoms with E-state index in [-0.39, 0.29) is 18.7 Å². The molecule has 0 aromatic carbocycles. The summed E-state index contributed by atoms with van der Waals surface area (Å²) in [5.41, 5.74) is 0. The minimum atomic E-state index is -0.777. The molecule has 0 aromatic heterocycles. The lowest BCUT2D eigenvalue weighted by Gasteiger charge is -2.32. The van der Waals surface area contributed by atoms with E-state index in [0.29, 0.717) is 17.6 Å². The summed E-state index contributed by atoms with van der Waals surface area (Å²) >= 11 is 0. The molecule has 0 saturated carbocycles. The number of aliphatic hydroxyl groups excluding tert-OH is 4. The lowest BCUT2D eigenvalue weighted by Crippen LogP contribution is -2.51. The van der Waals surface area contributed by atoms with Crippen LogP contribution in [0.1, 0.15) is 0 Å². The second-order valence-corrected chi connectivity index (χ2v) is 3.97. The van der Waals surface area contributed by atoms with Crippen LogP contribution in [0, 0.1) is 0 Å². The third kappa shape index (κ3) is 7.19. The molecule has 88 valence electrons. The van der Waals surface area contributed by atoms with Gasteiger partial charge in [-0.15, -0.1) is 0 Å². The van der Waals surface area contributed by atoms with Gasteiger partial charge < -0.3 is 30.4 Å². The van der Waals surface area contributed by atoms with Gasteiger partial charge in [0, 0.05) is 0 Å². The van der Waals surface area contributed by atoms with Crippen LogP contribution in [0.15, 0.2) is 0 Å². The third-order valence-electron chi connectivity index (χ3n) is 1.83. The highest BCUT2D eigenvalue weighted by Gasteiger charge is 2.23. The zero-order valence-electron chi connectivity index (χ0n) is 8.67. The van der Waals surface area contributed by atoms with Crippen molar-refractivity contribution in [3.05, 3.63) is 0 Å². The van der Waals surface area contributed by atoms with Gasteiger partial charge in [-0.1, -0.05) is 0 Å². The largest absolute Gasteiger partial charge is 0.870 e. The molecule has 2 unspecified atom stereocenters. The van der Waals surface area contributed by atoms with Crippen LogP contribution < -0.4 is 0 Å². The summed E-state index contributed by atoms with van der Waals surface area (Å²) in [6.07, 6.45) is -1.55. The zero-order valence-corrected chi connectivity index (χ0v) is 8.67. The number of nitrogens with zero attached hydrogens (tertiary/aromatic N) is 1. The Hall–Kier alpha value is -0.240. The maximum absolute atomic E-state index is 9.17. The Kier molecular flexibility index (Phi) is 8.22. The van der Waals surface area contributed by atoms with Crippen LogP contribution in [0.25, 0.3) is 0 Å². The van der Waals surface area contributed by atoms with Crippen molar-refractivity contribution in [3.8, 4) is 0 Å².